The zero-order valence-corrected chi connectivity index (χ0v) is 9.02. The molecule has 0 aliphatic heterocycles. The maximum absolute atomic E-state index is 9.60. The summed E-state index contributed by atoms with van der Waals surface area (Å²) in [6.45, 7) is 6.52. The van der Waals surface area contributed by atoms with Crippen LogP contribution in [0.15, 0.2) is 12.2 Å². The zero-order valence-electron chi connectivity index (χ0n) is 8.20. The first-order valence-electron chi connectivity index (χ1n) is 3.69. The molecule has 0 aromatic carbocycles. The summed E-state index contributed by atoms with van der Waals surface area (Å²) in [5.41, 5.74) is 0.176. The van der Waals surface area contributed by atoms with Gasteiger partial charge in [0.15, 0.2) is 0 Å². The Morgan fingerprint density at radius 3 is 1.92 bits per heavy atom. The van der Waals surface area contributed by atoms with Gasteiger partial charge < -0.3 is 10.2 Å². The molecule has 0 fully saturated rings. The number of carbonyl (C=O) groups is 1. The summed E-state index contributed by atoms with van der Waals surface area (Å²) < 4.78 is 0. The zero-order chi connectivity index (χ0) is 10.1. The Bertz CT molecular complexity index is 134. The average molecular weight is 212 g/mol. The average Bonchev–Trinajstić information content (AvgIpc) is 2.04. The summed E-state index contributed by atoms with van der Waals surface area (Å²) in [7, 11) is 1.73. The number of aliphatic carboxylic acids is 1. The van der Waals surface area contributed by atoms with Crippen LogP contribution in [0.5, 0.6) is 0 Å². The molecule has 13 heavy (non-hydrogen) atoms. The van der Waals surface area contributed by atoms with E-state index in [-0.39, 0.29) is 24.2 Å². The number of halogens is 1. The molecular formula is C8H18ClNO3. The van der Waals surface area contributed by atoms with E-state index in [1.807, 2.05) is 6.92 Å². The van der Waals surface area contributed by atoms with Crippen molar-refractivity contribution in [3.8, 4) is 0 Å². The third-order valence-corrected chi connectivity index (χ3v) is 1.09. The van der Waals surface area contributed by atoms with Crippen molar-refractivity contribution in [2.45, 2.75) is 26.5 Å². The predicted octanol–water partition coefficient (Wildman–Crippen LogP) is 1.00. The SMILES string of the molecule is C=C(C)C(=O)O.CCC(O)NC.Cl. The fraction of sp³-hybridized carbons (Fsp3) is 0.625. The number of hydrogen-bond acceptors (Lipinski definition) is 3. The molecule has 0 aliphatic carbocycles. The minimum absolute atomic E-state index is 0. The second-order valence-electron chi connectivity index (χ2n) is 2.30. The van der Waals surface area contributed by atoms with E-state index in [1.165, 1.54) is 6.92 Å². The van der Waals surface area contributed by atoms with Crippen LogP contribution in [0.4, 0.5) is 0 Å². The van der Waals surface area contributed by atoms with Crippen molar-refractivity contribution in [3.05, 3.63) is 12.2 Å². The lowest BCUT2D eigenvalue weighted by atomic mass is 10.4. The summed E-state index contributed by atoms with van der Waals surface area (Å²) in [5, 5.41) is 19.1. The highest BCUT2D eigenvalue weighted by molar-refractivity contribution is 5.85. The molecule has 0 heterocycles. The van der Waals surface area contributed by atoms with E-state index < -0.39 is 5.97 Å². The Morgan fingerprint density at radius 1 is 1.62 bits per heavy atom. The summed E-state index contributed by atoms with van der Waals surface area (Å²) in [6, 6.07) is 0. The van der Waals surface area contributed by atoms with Crippen LogP contribution >= 0.6 is 12.4 Å². The molecule has 80 valence electrons. The first kappa shape index (κ1) is 18.3. The molecule has 0 saturated heterocycles. The van der Waals surface area contributed by atoms with E-state index in [1.54, 1.807) is 7.05 Å². The van der Waals surface area contributed by atoms with Gasteiger partial charge in [-0.2, -0.15) is 0 Å². The van der Waals surface area contributed by atoms with Gasteiger partial charge in [-0.25, -0.2) is 4.79 Å². The van der Waals surface area contributed by atoms with Crippen molar-refractivity contribution in [1.29, 1.82) is 0 Å². The Kier molecular flexibility index (Phi) is 16.0. The topological polar surface area (TPSA) is 69.6 Å². The molecule has 0 bridgehead atoms. The first-order chi connectivity index (χ1) is 5.45. The molecule has 1 unspecified atom stereocenters. The molecular weight excluding hydrogens is 194 g/mol. The van der Waals surface area contributed by atoms with E-state index in [2.05, 4.69) is 11.9 Å². The monoisotopic (exact) mass is 211 g/mol. The molecule has 0 saturated carbocycles. The van der Waals surface area contributed by atoms with Crippen LogP contribution in [0, 0.1) is 0 Å². The van der Waals surface area contributed by atoms with E-state index >= 15 is 0 Å². The van der Waals surface area contributed by atoms with E-state index in [0.717, 1.165) is 6.42 Å². The van der Waals surface area contributed by atoms with Crippen molar-refractivity contribution in [1.82, 2.24) is 5.32 Å². The molecule has 0 rings (SSSR count). The van der Waals surface area contributed by atoms with E-state index in [9.17, 15) is 4.79 Å². The lowest BCUT2D eigenvalue weighted by Crippen LogP contribution is -2.22. The highest BCUT2D eigenvalue weighted by Crippen LogP contribution is 1.81. The van der Waals surface area contributed by atoms with Gasteiger partial charge in [0.2, 0.25) is 0 Å². The van der Waals surface area contributed by atoms with Gasteiger partial charge in [-0.15, -0.1) is 12.4 Å². The molecule has 5 heteroatoms. The number of aliphatic hydroxyl groups excluding tert-OH is 1. The van der Waals surface area contributed by atoms with Crippen LogP contribution in [-0.4, -0.2) is 29.5 Å². The minimum Gasteiger partial charge on any atom is -0.478 e. The summed E-state index contributed by atoms with van der Waals surface area (Å²) >= 11 is 0. The Labute approximate surface area is 85.1 Å². The van der Waals surface area contributed by atoms with E-state index in [0.29, 0.717) is 0 Å². The summed E-state index contributed by atoms with van der Waals surface area (Å²) in [6.07, 6.45) is 0.459. The molecule has 4 nitrogen and oxygen atoms in total. The van der Waals surface area contributed by atoms with Crippen molar-refractivity contribution >= 4 is 18.4 Å². The van der Waals surface area contributed by atoms with Crippen LogP contribution in [0.3, 0.4) is 0 Å². The van der Waals surface area contributed by atoms with Crippen molar-refractivity contribution < 1.29 is 15.0 Å². The van der Waals surface area contributed by atoms with Crippen molar-refractivity contribution in [2.24, 2.45) is 0 Å². The molecule has 3 N–H and O–H groups in total. The molecule has 0 amide bonds. The van der Waals surface area contributed by atoms with Crippen LogP contribution in [-0.2, 0) is 4.79 Å². The number of carboxylic acid groups (broad SMARTS) is 1. The predicted molar refractivity (Wildman–Crippen MR) is 55.1 cm³/mol. The quantitative estimate of drug-likeness (QED) is 0.481. The standard InChI is InChI=1S/C4H11NO.C4H6O2.ClH/c1-3-4(6)5-2;1-3(2)4(5)6;/h4-6H,3H2,1-2H3;1H2,2H3,(H,5,6);1H. The van der Waals surface area contributed by atoms with Crippen molar-refractivity contribution in [3.63, 3.8) is 0 Å². The third kappa shape index (κ3) is 18.4. The minimum atomic E-state index is -0.935. The highest BCUT2D eigenvalue weighted by atomic mass is 35.5. The van der Waals surface area contributed by atoms with Gasteiger partial charge >= 0.3 is 5.97 Å². The number of aliphatic hydroxyl groups is 1. The molecule has 0 radical (unpaired) electrons. The molecule has 0 spiro atoms. The number of hydrogen-bond donors (Lipinski definition) is 3. The molecule has 0 aromatic heterocycles. The Morgan fingerprint density at radius 2 is 1.92 bits per heavy atom. The number of rotatable bonds is 3. The van der Waals surface area contributed by atoms with Gasteiger partial charge in [-0.05, 0) is 20.4 Å². The number of carboxylic acids is 1. The normalized spacial score (nSPS) is 10.2. The fourth-order valence-electron chi connectivity index (χ4n) is 0.204. The van der Waals surface area contributed by atoms with Crippen LogP contribution in [0.2, 0.25) is 0 Å². The summed E-state index contributed by atoms with van der Waals surface area (Å²) in [4.78, 5) is 9.60. The fourth-order valence-corrected chi connectivity index (χ4v) is 0.204. The van der Waals surface area contributed by atoms with Gasteiger partial charge in [0.05, 0.1) is 0 Å². The van der Waals surface area contributed by atoms with Gasteiger partial charge in [-0.3, -0.25) is 5.32 Å². The van der Waals surface area contributed by atoms with Gasteiger partial charge in [0.1, 0.15) is 6.23 Å². The second kappa shape index (κ2) is 11.4. The Hall–Kier alpha value is -0.580. The van der Waals surface area contributed by atoms with E-state index in [4.69, 9.17) is 10.2 Å². The van der Waals surface area contributed by atoms with Crippen LogP contribution in [0.1, 0.15) is 20.3 Å². The smallest absolute Gasteiger partial charge is 0.330 e. The van der Waals surface area contributed by atoms with Gasteiger partial charge in [0, 0.05) is 5.57 Å². The maximum Gasteiger partial charge on any atom is 0.330 e. The largest absolute Gasteiger partial charge is 0.478 e. The molecule has 0 aromatic rings. The van der Waals surface area contributed by atoms with Crippen LogP contribution in [0.25, 0.3) is 0 Å². The van der Waals surface area contributed by atoms with Gasteiger partial charge in [-0.1, -0.05) is 13.5 Å². The lowest BCUT2D eigenvalue weighted by molar-refractivity contribution is -0.132. The maximum atomic E-state index is 9.60. The molecule has 1 atom stereocenters. The van der Waals surface area contributed by atoms with Gasteiger partial charge in [0.25, 0.3) is 0 Å². The highest BCUT2D eigenvalue weighted by Gasteiger charge is 1.90. The Balaban J connectivity index is -0.000000143. The van der Waals surface area contributed by atoms with Crippen LogP contribution < -0.4 is 5.32 Å². The number of nitrogens with one attached hydrogen (secondary N) is 1. The summed E-state index contributed by atoms with van der Waals surface area (Å²) in [5.74, 6) is -0.935. The first-order valence-corrected chi connectivity index (χ1v) is 3.69. The molecule has 0 aliphatic rings. The van der Waals surface area contributed by atoms with Crippen molar-refractivity contribution in [2.75, 3.05) is 7.05 Å². The lowest BCUT2D eigenvalue weighted by Gasteiger charge is -2.01. The second-order valence-corrected chi connectivity index (χ2v) is 2.30. The third-order valence-electron chi connectivity index (χ3n) is 1.09.